The summed E-state index contributed by atoms with van der Waals surface area (Å²) in [6.45, 7) is 5.66. The highest BCUT2D eigenvalue weighted by Gasteiger charge is 2.37. The van der Waals surface area contributed by atoms with Crippen molar-refractivity contribution in [2.45, 2.75) is 44.7 Å². The number of carbonyl (C=O) groups excluding carboxylic acids is 1. The highest BCUT2D eigenvalue weighted by molar-refractivity contribution is 6.35. The number of rotatable bonds is 8. The van der Waals surface area contributed by atoms with Crippen LogP contribution in [0.15, 0.2) is 42.7 Å². The van der Waals surface area contributed by atoms with Crippen molar-refractivity contribution < 1.29 is 14.3 Å². The van der Waals surface area contributed by atoms with Gasteiger partial charge in [-0.25, -0.2) is 15.0 Å². The molecule has 3 fully saturated rings. The van der Waals surface area contributed by atoms with Crippen molar-refractivity contribution in [1.29, 1.82) is 0 Å². The van der Waals surface area contributed by atoms with Gasteiger partial charge in [0.05, 0.1) is 25.2 Å². The zero-order valence-corrected chi connectivity index (χ0v) is 26.2. The molecule has 3 aromatic rings. The molecule has 9 nitrogen and oxygen atoms in total. The van der Waals surface area contributed by atoms with Gasteiger partial charge in [-0.2, -0.15) is 0 Å². The monoisotopic (exact) mass is 624 g/mol. The number of fused-ring (bicyclic) bond motifs is 1. The number of benzene rings is 1. The Balaban J connectivity index is 1.17. The molecule has 2 aromatic heterocycles. The number of hydrogen-bond donors (Lipinski definition) is 0. The van der Waals surface area contributed by atoms with E-state index in [2.05, 4.69) is 37.8 Å². The molecule has 0 saturated carbocycles. The number of halogens is 2. The van der Waals surface area contributed by atoms with E-state index < -0.39 is 0 Å². The summed E-state index contributed by atoms with van der Waals surface area (Å²) in [5.41, 5.74) is 2.59. The van der Waals surface area contributed by atoms with Crippen LogP contribution in [0, 0.1) is 11.8 Å². The lowest BCUT2D eigenvalue weighted by Crippen LogP contribution is -2.45. The first kappa shape index (κ1) is 30.1. The number of esters is 1. The lowest BCUT2D eigenvalue weighted by Gasteiger charge is -2.36. The normalized spacial score (nSPS) is 21.5. The van der Waals surface area contributed by atoms with Crippen LogP contribution in [-0.4, -0.2) is 83.6 Å². The molecule has 43 heavy (non-hydrogen) atoms. The molecule has 0 aliphatic carbocycles. The van der Waals surface area contributed by atoms with E-state index in [1.54, 1.807) is 18.5 Å². The van der Waals surface area contributed by atoms with Crippen LogP contribution in [0.25, 0.3) is 11.3 Å². The van der Waals surface area contributed by atoms with Crippen molar-refractivity contribution in [1.82, 2.24) is 24.8 Å². The third kappa shape index (κ3) is 7.40. The van der Waals surface area contributed by atoms with Gasteiger partial charge in [-0.3, -0.25) is 9.69 Å². The first-order chi connectivity index (χ1) is 20.8. The fraction of sp³-hybridized carbons (Fsp3) is 0.500. The first-order valence-electron chi connectivity index (χ1n) is 15.0. The fourth-order valence-corrected chi connectivity index (χ4v) is 7.25. The Morgan fingerprint density at radius 2 is 1.70 bits per heavy atom. The van der Waals surface area contributed by atoms with Crippen molar-refractivity contribution in [2.24, 2.45) is 11.8 Å². The summed E-state index contributed by atoms with van der Waals surface area (Å²) < 4.78 is 11.1. The number of likely N-dealkylation sites (tertiary alicyclic amines) is 2. The first-order valence-corrected chi connectivity index (χ1v) is 15.8. The summed E-state index contributed by atoms with van der Waals surface area (Å²) in [4.78, 5) is 33.0. The van der Waals surface area contributed by atoms with Gasteiger partial charge in [-0.05, 0) is 94.0 Å². The number of hydrogen-bond acceptors (Lipinski definition) is 9. The van der Waals surface area contributed by atoms with Gasteiger partial charge >= 0.3 is 5.97 Å². The molecule has 0 spiro atoms. The molecule has 11 heteroatoms. The predicted octanol–water partition coefficient (Wildman–Crippen LogP) is 5.94. The lowest BCUT2D eigenvalue weighted by molar-refractivity contribution is -0.142. The number of aromatic nitrogens is 3. The number of pyridine rings is 1. The van der Waals surface area contributed by atoms with Gasteiger partial charge in [0.15, 0.2) is 5.75 Å². The van der Waals surface area contributed by atoms with E-state index in [-0.39, 0.29) is 5.97 Å². The van der Waals surface area contributed by atoms with Crippen LogP contribution in [-0.2, 0) is 16.1 Å². The van der Waals surface area contributed by atoms with Crippen molar-refractivity contribution in [3.05, 3.63) is 58.3 Å². The molecule has 3 aliphatic rings. The molecule has 3 saturated heterocycles. The van der Waals surface area contributed by atoms with E-state index in [9.17, 15) is 4.79 Å². The van der Waals surface area contributed by atoms with Crippen molar-refractivity contribution >= 4 is 35.1 Å². The number of carbonyl (C=O) groups is 1. The number of methoxy groups -OCH3 is 1. The maximum atomic E-state index is 11.7. The molecule has 0 radical (unpaired) electrons. The molecular weight excluding hydrogens is 587 g/mol. The van der Waals surface area contributed by atoms with Gasteiger partial charge in [-0.15, -0.1) is 0 Å². The Labute approximate surface area is 263 Å². The maximum absolute atomic E-state index is 11.7. The summed E-state index contributed by atoms with van der Waals surface area (Å²) in [7, 11) is 3.68. The number of ether oxygens (including phenoxy) is 2. The molecule has 0 bridgehead atoms. The van der Waals surface area contributed by atoms with E-state index in [0.29, 0.717) is 46.0 Å². The van der Waals surface area contributed by atoms with Crippen LogP contribution in [0.5, 0.6) is 11.6 Å². The van der Waals surface area contributed by atoms with Gasteiger partial charge in [0.2, 0.25) is 11.8 Å². The van der Waals surface area contributed by atoms with Gasteiger partial charge < -0.3 is 19.3 Å². The molecule has 0 N–H and O–H groups in total. The molecule has 0 unspecified atom stereocenters. The van der Waals surface area contributed by atoms with Gasteiger partial charge in [0, 0.05) is 53.8 Å². The minimum Gasteiger partial charge on any atom is -0.469 e. The summed E-state index contributed by atoms with van der Waals surface area (Å²) in [5, 5.41) is 1.09. The van der Waals surface area contributed by atoms with Crippen LogP contribution >= 0.6 is 23.2 Å². The smallest absolute Gasteiger partial charge is 0.305 e. The van der Waals surface area contributed by atoms with Crippen molar-refractivity contribution in [3.8, 4) is 22.9 Å². The Bertz CT molecular complexity index is 1410. The molecule has 1 aromatic carbocycles. The zero-order valence-electron chi connectivity index (χ0n) is 24.7. The second kappa shape index (κ2) is 13.3. The van der Waals surface area contributed by atoms with Crippen LogP contribution in [0.2, 0.25) is 10.0 Å². The molecule has 2 atom stereocenters. The lowest BCUT2D eigenvalue weighted by atomic mass is 9.93. The zero-order chi connectivity index (χ0) is 29.9. The number of nitrogens with zero attached hydrogens (tertiary/aromatic N) is 6. The average molecular weight is 626 g/mol. The Morgan fingerprint density at radius 3 is 2.42 bits per heavy atom. The van der Waals surface area contributed by atoms with E-state index in [1.807, 2.05) is 18.2 Å². The number of anilines is 1. The van der Waals surface area contributed by atoms with Gasteiger partial charge in [-0.1, -0.05) is 23.2 Å². The van der Waals surface area contributed by atoms with Crippen molar-refractivity contribution in [2.75, 3.05) is 51.8 Å². The van der Waals surface area contributed by atoms with Crippen molar-refractivity contribution in [3.63, 3.8) is 0 Å². The maximum Gasteiger partial charge on any atom is 0.305 e. The van der Waals surface area contributed by atoms with Gasteiger partial charge in [0.1, 0.15) is 0 Å². The third-order valence-electron chi connectivity index (χ3n) is 9.05. The van der Waals surface area contributed by atoms with E-state index in [1.165, 1.54) is 20.1 Å². The molecule has 5 heterocycles. The fourth-order valence-electron chi connectivity index (χ4n) is 6.73. The highest BCUT2D eigenvalue weighted by Crippen LogP contribution is 2.33. The summed E-state index contributed by atoms with van der Waals surface area (Å²) >= 11 is 12.7. The van der Waals surface area contributed by atoms with Crippen LogP contribution in [0.1, 0.15) is 37.7 Å². The molecule has 6 rings (SSSR count). The minimum absolute atomic E-state index is 0.137. The second-order valence-electron chi connectivity index (χ2n) is 12.0. The Hall–Kier alpha value is -2.98. The van der Waals surface area contributed by atoms with E-state index >= 15 is 0 Å². The molecular formula is C32H38Cl2N6O3. The standard InChI is InChI=1S/C32H38Cl2N6O3/c1-38-7-5-23-20-40(10-6-29(23)38)32-35-17-27(18-36-32)43-30-12-22(11-28(37-30)24-14-25(33)16-26(34)15-24)19-39-8-3-21(4-9-39)13-31(41)42-2/h11-12,14-18,21,23,29H,3-10,13,19-20H2,1-2H3/t23-,29-/m0/s1. The quantitative estimate of drug-likeness (QED) is 0.283. The summed E-state index contributed by atoms with van der Waals surface area (Å²) in [6, 6.07) is 10.1. The number of piperidine rings is 2. The summed E-state index contributed by atoms with van der Waals surface area (Å²) in [5.74, 6) is 2.62. The van der Waals surface area contributed by atoms with Crippen LogP contribution < -0.4 is 9.64 Å². The Kier molecular flexibility index (Phi) is 9.33. The molecule has 228 valence electrons. The van der Waals surface area contributed by atoms with Crippen LogP contribution in [0.4, 0.5) is 5.95 Å². The SMILES string of the molecule is COC(=O)CC1CCN(Cc2cc(Oc3cnc(N4CC[C@H]5[C@@H](CCN5C)C4)nc3)nc(-c3cc(Cl)cc(Cl)c3)c2)CC1. The van der Waals surface area contributed by atoms with E-state index in [0.717, 1.165) is 74.8 Å². The van der Waals surface area contributed by atoms with Gasteiger partial charge in [0.25, 0.3) is 0 Å². The second-order valence-corrected chi connectivity index (χ2v) is 12.9. The summed E-state index contributed by atoms with van der Waals surface area (Å²) in [6.07, 6.45) is 8.22. The molecule has 3 aliphatic heterocycles. The third-order valence-corrected chi connectivity index (χ3v) is 9.49. The van der Waals surface area contributed by atoms with E-state index in [4.69, 9.17) is 37.7 Å². The minimum atomic E-state index is -0.137. The molecule has 0 amide bonds. The van der Waals surface area contributed by atoms with Crippen LogP contribution in [0.3, 0.4) is 0 Å². The highest BCUT2D eigenvalue weighted by atomic mass is 35.5. The topological polar surface area (TPSA) is 83.9 Å². The Morgan fingerprint density at radius 1 is 0.953 bits per heavy atom. The largest absolute Gasteiger partial charge is 0.469 e. The predicted molar refractivity (Wildman–Crippen MR) is 168 cm³/mol. The average Bonchev–Trinajstić information content (AvgIpc) is 3.37.